The van der Waals surface area contributed by atoms with Gasteiger partial charge in [-0.1, -0.05) is 0 Å². The minimum Gasteiger partial charge on any atom is -0.365 e. The molecule has 0 saturated heterocycles. The van der Waals surface area contributed by atoms with Crippen molar-refractivity contribution in [2.24, 2.45) is 5.73 Å². The lowest BCUT2D eigenvalue weighted by molar-refractivity contribution is 0.100. The molecule has 0 unspecified atom stereocenters. The Bertz CT molecular complexity index is 703. The molecule has 20 heavy (non-hydrogen) atoms. The van der Waals surface area contributed by atoms with Gasteiger partial charge in [0.1, 0.15) is 16.5 Å². The van der Waals surface area contributed by atoms with Gasteiger partial charge >= 0.3 is 0 Å². The number of carbonyl (C=O) groups is 2. The predicted molar refractivity (Wildman–Crippen MR) is 74.8 cm³/mol. The molecule has 0 bridgehead atoms. The molecule has 4 nitrogen and oxygen atoms in total. The molecule has 2 aromatic rings. The molecule has 0 aliphatic carbocycles. The minimum atomic E-state index is -0.883. The summed E-state index contributed by atoms with van der Waals surface area (Å²) in [5.41, 5.74) is 4.82. The van der Waals surface area contributed by atoms with Crippen molar-refractivity contribution in [3.05, 3.63) is 50.1 Å². The maximum atomic E-state index is 13.6. The van der Waals surface area contributed by atoms with Gasteiger partial charge in [0, 0.05) is 0 Å². The molecule has 0 aliphatic rings. The van der Waals surface area contributed by atoms with E-state index >= 15 is 0 Å². The molecule has 8 heteroatoms. The van der Waals surface area contributed by atoms with E-state index in [1.165, 1.54) is 6.07 Å². The quantitative estimate of drug-likeness (QED) is 0.825. The van der Waals surface area contributed by atoms with Crippen LogP contribution in [0.25, 0.3) is 0 Å². The standard InChI is InChI=1S/C12H7BrF2N2O2S/c13-6-4-7(14)5(3-8(6)15)12(19)17-9-1-2-20-10(9)11(16)18/h1-4H,(H2,16,18)(H,17,19). The van der Waals surface area contributed by atoms with Crippen molar-refractivity contribution in [3.63, 3.8) is 0 Å². The molecule has 0 spiro atoms. The van der Waals surface area contributed by atoms with Crippen molar-refractivity contribution in [2.45, 2.75) is 0 Å². The third kappa shape index (κ3) is 2.86. The Morgan fingerprint density at radius 2 is 1.95 bits per heavy atom. The van der Waals surface area contributed by atoms with Crippen LogP contribution in [0.1, 0.15) is 20.0 Å². The number of thiophene rings is 1. The van der Waals surface area contributed by atoms with Crippen LogP contribution in [-0.4, -0.2) is 11.8 Å². The molecule has 1 aromatic heterocycles. The summed E-state index contributed by atoms with van der Waals surface area (Å²) in [5, 5.41) is 3.87. The normalized spacial score (nSPS) is 10.3. The van der Waals surface area contributed by atoms with E-state index in [9.17, 15) is 18.4 Å². The van der Waals surface area contributed by atoms with E-state index in [4.69, 9.17) is 5.73 Å². The number of halogens is 3. The third-order valence-electron chi connectivity index (χ3n) is 2.39. The first kappa shape index (κ1) is 14.6. The summed E-state index contributed by atoms with van der Waals surface area (Å²) >= 11 is 3.85. The number of hydrogen-bond acceptors (Lipinski definition) is 3. The van der Waals surface area contributed by atoms with Crippen molar-refractivity contribution in [2.75, 3.05) is 5.32 Å². The number of hydrogen-bond donors (Lipinski definition) is 2. The van der Waals surface area contributed by atoms with Crippen molar-refractivity contribution in [3.8, 4) is 0 Å². The van der Waals surface area contributed by atoms with Crippen molar-refractivity contribution in [1.82, 2.24) is 0 Å². The summed E-state index contributed by atoms with van der Waals surface area (Å²) in [6.07, 6.45) is 0. The van der Waals surface area contributed by atoms with Crippen molar-refractivity contribution >= 4 is 44.8 Å². The molecular formula is C12H7BrF2N2O2S. The highest BCUT2D eigenvalue weighted by atomic mass is 79.9. The molecule has 0 radical (unpaired) electrons. The first-order chi connectivity index (χ1) is 9.40. The van der Waals surface area contributed by atoms with Crippen LogP contribution in [0, 0.1) is 11.6 Å². The Balaban J connectivity index is 2.31. The number of primary amides is 1. The fourth-order valence-corrected chi connectivity index (χ4v) is 2.50. The van der Waals surface area contributed by atoms with Crippen LogP contribution in [0.4, 0.5) is 14.5 Å². The number of benzene rings is 1. The summed E-state index contributed by atoms with van der Waals surface area (Å²) in [6, 6.07) is 3.08. The average molecular weight is 361 g/mol. The minimum absolute atomic E-state index is 0.0834. The van der Waals surface area contributed by atoms with Crippen LogP contribution < -0.4 is 11.1 Å². The van der Waals surface area contributed by atoms with E-state index in [1.54, 1.807) is 5.38 Å². The highest BCUT2D eigenvalue weighted by Gasteiger charge is 2.18. The van der Waals surface area contributed by atoms with Gasteiger partial charge in [-0.15, -0.1) is 11.3 Å². The summed E-state index contributed by atoms with van der Waals surface area (Å²) in [6.45, 7) is 0. The fourth-order valence-electron chi connectivity index (χ4n) is 1.48. The third-order valence-corrected chi connectivity index (χ3v) is 3.93. The summed E-state index contributed by atoms with van der Waals surface area (Å²) in [7, 11) is 0. The summed E-state index contributed by atoms with van der Waals surface area (Å²) in [4.78, 5) is 23.1. The SMILES string of the molecule is NC(=O)c1sccc1NC(=O)c1cc(F)c(Br)cc1F. The van der Waals surface area contributed by atoms with Crippen molar-refractivity contribution < 1.29 is 18.4 Å². The maximum absolute atomic E-state index is 13.6. The molecule has 3 N–H and O–H groups in total. The maximum Gasteiger partial charge on any atom is 0.260 e. The van der Waals surface area contributed by atoms with Crippen LogP contribution in [-0.2, 0) is 0 Å². The number of carbonyl (C=O) groups excluding carboxylic acids is 2. The van der Waals surface area contributed by atoms with E-state index in [-0.39, 0.29) is 15.0 Å². The Labute approximate surface area is 124 Å². The number of anilines is 1. The molecule has 2 rings (SSSR count). The first-order valence-electron chi connectivity index (χ1n) is 5.23. The second-order valence-electron chi connectivity index (χ2n) is 3.73. The summed E-state index contributed by atoms with van der Waals surface area (Å²) in [5.74, 6) is -3.23. The number of nitrogens with two attached hydrogens (primary N) is 1. The number of rotatable bonds is 3. The van der Waals surface area contributed by atoms with Gasteiger partial charge in [-0.25, -0.2) is 8.78 Å². The lowest BCUT2D eigenvalue weighted by Gasteiger charge is -2.07. The Morgan fingerprint density at radius 3 is 2.60 bits per heavy atom. The van der Waals surface area contributed by atoms with E-state index in [2.05, 4.69) is 21.2 Å². The largest absolute Gasteiger partial charge is 0.365 e. The smallest absolute Gasteiger partial charge is 0.260 e. The Morgan fingerprint density at radius 1 is 1.25 bits per heavy atom. The number of nitrogens with one attached hydrogen (secondary N) is 1. The van der Waals surface area contributed by atoms with Gasteiger partial charge < -0.3 is 11.1 Å². The van der Waals surface area contributed by atoms with Gasteiger partial charge in [0.15, 0.2) is 0 Å². The zero-order chi connectivity index (χ0) is 14.9. The van der Waals surface area contributed by atoms with Gasteiger partial charge in [0.25, 0.3) is 11.8 Å². The van der Waals surface area contributed by atoms with Gasteiger partial charge in [0.05, 0.1) is 15.7 Å². The second kappa shape index (κ2) is 5.68. The fraction of sp³-hybridized carbons (Fsp3) is 0. The molecule has 1 aromatic carbocycles. The van der Waals surface area contributed by atoms with Crippen LogP contribution in [0.2, 0.25) is 0 Å². The molecule has 2 amide bonds. The van der Waals surface area contributed by atoms with Crippen LogP contribution >= 0.6 is 27.3 Å². The monoisotopic (exact) mass is 360 g/mol. The lowest BCUT2D eigenvalue weighted by atomic mass is 10.2. The molecular weight excluding hydrogens is 354 g/mol. The molecule has 0 atom stereocenters. The first-order valence-corrected chi connectivity index (χ1v) is 6.90. The van der Waals surface area contributed by atoms with Crippen molar-refractivity contribution in [1.29, 1.82) is 0 Å². The molecule has 104 valence electrons. The van der Waals surface area contributed by atoms with Crippen LogP contribution in [0.5, 0.6) is 0 Å². The van der Waals surface area contributed by atoms with Crippen LogP contribution in [0.15, 0.2) is 28.1 Å². The molecule has 0 fully saturated rings. The highest BCUT2D eigenvalue weighted by molar-refractivity contribution is 9.10. The predicted octanol–water partition coefficient (Wildman–Crippen LogP) is 3.14. The zero-order valence-electron chi connectivity index (χ0n) is 9.75. The second-order valence-corrected chi connectivity index (χ2v) is 5.50. The van der Waals surface area contributed by atoms with E-state index in [1.807, 2.05) is 0 Å². The molecule has 1 heterocycles. The van der Waals surface area contributed by atoms with Crippen LogP contribution in [0.3, 0.4) is 0 Å². The summed E-state index contributed by atoms with van der Waals surface area (Å²) < 4.78 is 26.9. The molecule has 0 saturated carbocycles. The van der Waals surface area contributed by atoms with Gasteiger partial charge in [-0.3, -0.25) is 9.59 Å². The Hall–Kier alpha value is -1.80. The molecule has 0 aliphatic heterocycles. The highest BCUT2D eigenvalue weighted by Crippen LogP contribution is 2.24. The number of amides is 2. The van der Waals surface area contributed by atoms with Gasteiger partial charge in [-0.05, 0) is 39.5 Å². The average Bonchev–Trinajstić information content (AvgIpc) is 2.81. The van der Waals surface area contributed by atoms with Gasteiger partial charge in [0.2, 0.25) is 0 Å². The Kier molecular flexibility index (Phi) is 4.15. The zero-order valence-corrected chi connectivity index (χ0v) is 12.1. The van der Waals surface area contributed by atoms with E-state index in [0.29, 0.717) is 0 Å². The van der Waals surface area contributed by atoms with Gasteiger partial charge in [-0.2, -0.15) is 0 Å². The van der Waals surface area contributed by atoms with E-state index in [0.717, 1.165) is 23.5 Å². The van der Waals surface area contributed by atoms with E-state index < -0.39 is 29.0 Å². The topological polar surface area (TPSA) is 72.2 Å². The lowest BCUT2D eigenvalue weighted by Crippen LogP contribution is -2.17.